The minimum atomic E-state index is -0.498. The molecule has 0 fully saturated rings. The van der Waals surface area contributed by atoms with Crippen LogP contribution in [0.4, 0.5) is 0 Å². The lowest BCUT2D eigenvalue weighted by atomic mass is 10.1. The molecule has 0 radical (unpaired) electrons. The Morgan fingerprint density at radius 2 is 2.15 bits per heavy atom. The van der Waals surface area contributed by atoms with Crippen molar-refractivity contribution in [3.05, 3.63) is 58.0 Å². The van der Waals surface area contributed by atoms with Gasteiger partial charge in [0.05, 0.1) is 5.57 Å². The lowest BCUT2D eigenvalue weighted by Gasteiger charge is -2.19. The Balaban J connectivity index is 1.53. The van der Waals surface area contributed by atoms with Crippen LogP contribution >= 0.6 is 27.7 Å². The Bertz CT molecular complexity index is 1040. The van der Waals surface area contributed by atoms with Gasteiger partial charge in [-0.15, -0.1) is 0 Å². The van der Waals surface area contributed by atoms with E-state index < -0.39 is 5.91 Å². The zero-order valence-corrected chi connectivity index (χ0v) is 16.5. The van der Waals surface area contributed by atoms with E-state index in [0.717, 1.165) is 11.3 Å². The van der Waals surface area contributed by atoms with E-state index in [2.05, 4.69) is 26.0 Å². The lowest BCUT2D eigenvalue weighted by Crippen LogP contribution is -2.35. The van der Waals surface area contributed by atoms with Crippen LogP contribution in [0.15, 0.2) is 61.2 Å². The van der Waals surface area contributed by atoms with Crippen molar-refractivity contribution in [2.75, 3.05) is 6.61 Å². The maximum atomic E-state index is 12.3. The monoisotopic (exact) mass is 444 g/mol. The first-order valence-corrected chi connectivity index (χ1v) is 9.55. The Morgan fingerprint density at radius 1 is 1.33 bits per heavy atom. The van der Waals surface area contributed by atoms with Crippen LogP contribution < -0.4 is 4.74 Å². The number of ether oxygens (including phenoxy) is 1. The number of hydrazone groups is 1. The van der Waals surface area contributed by atoms with Gasteiger partial charge in [-0.1, -0.05) is 18.2 Å². The summed E-state index contributed by atoms with van der Waals surface area (Å²) < 4.78 is 11.7. The minimum absolute atomic E-state index is 0.0454. The highest BCUT2D eigenvalue weighted by atomic mass is 79.9. The number of nitrogens with zero attached hydrogens (tertiary/aromatic N) is 3. The number of benzene rings is 1. The molecule has 0 atom stereocenters. The third kappa shape index (κ3) is 3.60. The molecule has 0 saturated heterocycles. The number of thioether (sulfide) groups is 1. The molecule has 7 nitrogen and oxygen atoms in total. The number of fused-ring (bicyclic) bond motifs is 1. The van der Waals surface area contributed by atoms with Crippen molar-refractivity contribution >= 4 is 55.7 Å². The fourth-order valence-corrected chi connectivity index (χ4v) is 3.61. The summed E-state index contributed by atoms with van der Waals surface area (Å²) in [5, 5.41) is 15.0. The number of aliphatic imine (C=N–C) groups is 1. The summed E-state index contributed by atoms with van der Waals surface area (Å²) in [7, 11) is 0. The first kappa shape index (κ1) is 17.7. The first-order valence-electron chi connectivity index (χ1n) is 7.94. The van der Waals surface area contributed by atoms with Crippen LogP contribution in [0.3, 0.4) is 0 Å². The summed E-state index contributed by atoms with van der Waals surface area (Å²) in [5.41, 5.74) is 1.14. The molecular formula is C18H13BrN4O3S. The number of halogens is 1. The number of aryl methyl sites for hydroxylation is 1. The largest absolute Gasteiger partial charge is 0.486 e. The smallest absolute Gasteiger partial charge is 0.283 e. The predicted octanol–water partition coefficient (Wildman–Crippen LogP) is 4.05. The highest BCUT2D eigenvalue weighted by molar-refractivity contribution is 9.10. The van der Waals surface area contributed by atoms with Crippen LogP contribution in [0, 0.1) is 12.3 Å². The summed E-state index contributed by atoms with van der Waals surface area (Å²) in [6.45, 7) is 2.20. The summed E-state index contributed by atoms with van der Waals surface area (Å²) in [4.78, 5) is 16.4. The van der Waals surface area contributed by atoms with Crippen LogP contribution in [-0.2, 0) is 4.79 Å². The van der Waals surface area contributed by atoms with Crippen LogP contribution in [0.1, 0.15) is 11.3 Å². The quantitative estimate of drug-likeness (QED) is 0.718. The summed E-state index contributed by atoms with van der Waals surface area (Å²) in [6.07, 6.45) is 1.48. The Hall–Kier alpha value is -2.65. The van der Waals surface area contributed by atoms with Crippen LogP contribution in [0.2, 0.25) is 0 Å². The second kappa shape index (κ2) is 7.16. The number of amidine groups is 2. The molecule has 1 amide bonds. The highest BCUT2D eigenvalue weighted by Gasteiger charge is 2.36. The van der Waals surface area contributed by atoms with Crippen molar-refractivity contribution in [2.45, 2.75) is 6.92 Å². The van der Waals surface area contributed by atoms with E-state index in [1.165, 1.54) is 22.8 Å². The first-order chi connectivity index (χ1) is 13.0. The predicted molar refractivity (Wildman–Crippen MR) is 108 cm³/mol. The van der Waals surface area contributed by atoms with E-state index in [9.17, 15) is 4.79 Å². The number of nitrogens with one attached hydrogen (secondary N) is 1. The second-order valence-electron chi connectivity index (χ2n) is 5.71. The van der Waals surface area contributed by atoms with Gasteiger partial charge in [0.15, 0.2) is 10.5 Å². The number of carbonyl (C=O) groups is 1. The summed E-state index contributed by atoms with van der Waals surface area (Å²) in [6, 6.07) is 11.1. The van der Waals surface area contributed by atoms with Gasteiger partial charge in [0.1, 0.15) is 23.2 Å². The standard InChI is InChI=1S/C18H13BrN4O3S/c1-10-4-2-3-5-13(10)25-9-15-22-23-16(20)12(17(24)21-18(23)27-15)8-11-6-7-14(19)26-11/h2-8,20H,9H2,1H3. The molecule has 4 rings (SSSR count). The van der Waals surface area contributed by atoms with Gasteiger partial charge in [-0.05, 0) is 64.5 Å². The van der Waals surface area contributed by atoms with E-state index in [0.29, 0.717) is 20.6 Å². The molecule has 1 aromatic carbocycles. The zero-order valence-electron chi connectivity index (χ0n) is 14.1. The van der Waals surface area contributed by atoms with Gasteiger partial charge in [0.25, 0.3) is 5.91 Å². The molecule has 9 heteroatoms. The molecule has 2 aliphatic heterocycles. The fraction of sp³-hybridized carbons (Fsp3) is 0.111. The molecule has 0 bridgehead atoms. The molecule has 0 unspecified atom stereocenters. The second-order valence-corrected chi connectivity index (χ2v) is 7.53. The molecule has 1 N–H and O–H groups in total. The van der Waals surface area contributed by atoms with Crippen LogP contribution in [0.25, 0.3) is 6.08 Å². The number of hydrogen-bond donors (Lipinski definition) is 1. The van der Waals surface area contributed by atoms with Crippen molar-refractivity contribution < 1.29 is 13.9 Å². The van der Waals surface area contributed by atoms with Gasteiger partial charge in [0, 0.05) is 0 Å². The molecule has 0 saturated carbocycles. The lowest BCUT2D eigenvalue weighted by molar-refractivity contribution is -0.114. The van der Waals surface area contributed by atoms with Gasteiger partial charge in [-0.3, -0.25) is 10.2 Å². The molecule has 0 aliphatic carbocycles. The van der Waals surface area contributed by atoms with Crippen molar-refractivity contribution in [3.63, 3.8) is 0 Å². The minimum Gasteiger partial charge on any atom is -0.486 e. The van der Waals surface area contributed by atoms with Crippen molar-refractivity contribution in [3.8, 4) is 5.75 Å². The van der Waals surface area contributed by atoms with Gasteiger partial charge < -0.3 is 9.15 Å². The zero-order chi connectivity index (χ0) is 19.0. The maximum Gasteiger partial charge on any atom is 0.283 e. The molecule has 2 aliphatic rings. The van der Waals surface area contributed by atoms with Gasteiger partial charge in [0.2, 0.25) is 5.17 Å². The maximum absolute atomic E-state index is 12.3. The molecule has 2 aromatic rings. The van der Waals surface area contributed by atoms with Crippen molar-refractivity contribution in [1.82, 2.24) is 5.01 Å². The Kier molecular flexibility index (Phi) is 4.71. The third-order valence-corrected chi connectivity index (χ3v) is 5.13. The molecule has 0 spiro atoms. The van der Waals surface area contributed by atoms with E-state index in [4.69, 9.17) is 14.6 Å². The van der Waals surface area contributed by atoms with Gasteiger partial charge >= 0.3 is 0 Å². The number of furan rings is 1. The van der Waals surface area contributed by atoms with Gasteiger partial charge in [-0.2, -0.15) is 15.1 Å². The average molecular weight is 445 g/mol. The molecule has 136 valence electrons. The van der Waals surface area contributed by atoms with Crippen LogP contribution in [0.5, 0.6) is 5.75 Å². The van der Waals surface area contributed by atoms with Gasteiger partial charge in [-0.25, -0.2) is 0 Å². The van der Waals surface area contributed by atoms with E-state index in [-0.39, 0.29) is 18.0 Å². The summed E-state index contributed by atoms with van der Waals surface area (Å²) in [5.74, 6) is 0.675. The number of hydrogen-bond acceptors (Lipinski definition) is 6. The Morgan fingerprint density at radius 3 is 2.89 bits per heavy atom. The van der Waals surface area contributed by atoms with E-state index >= 15 is 0 Å². The topological polar surface area (TPSA) is 91.2 Å². The third-order valence-electron chi connectivity index (χ3n) is 3.82. The number of para-hydroxylation sites is 1. The molecule has 1 aromatic heterocycles. The SMILES string of the molecule is Cc1ccccc1OCC1=NN2C(=N)C(=Cc3ccc(Br)o3)C(=O)N=C2S1. The Labute approximate surface area is 167 Å². The normalized spacial score (nSPS) is 17.9. The number of amides is 1. The molecular weight excluding hydrogens is 432 g/mol. The van der Waals surface area contributed by atoms with Crippen molar-refractivity contribution in [2.24, 2.45) is 10.1 Å². The van der Waals surface area contributed by atoms with E-state index in [1.807, 2.05) is 31.2 Å². The molecule has 27 heavy (non-hydrogen) atoms. The average Bonchev–Trinajstić information content (AvgIpc) is 3.24. The van der Waals surface area contributed by atoms with Crippen LogP contribution in [-0.4, -0.2) is 33.6 Å². The summed E-state index contributed by atoms with van der Waals surface area (Å²) >= 11 is 4.43. The van der Waals surface area contributed by atoms with Crippen molar-refractivity contribution in [1.29, 1.82) is 5.41 Å². The number of rotatable bonds is 4. The fourth-order valence-electron chi connectivity index (χ4n) is 2.50. The van der Waals surface area contributed by atoms with E-state index in [1.54, 1.807) is 12.1 Å². The number of carbonyl (C=O) groups excluding carboxylic acids is 1. The molecule has 3 heterocycles. The highest BCUT2D eigenvalue weighted by Crippen LogP contribution is 2.29.